The standard InChI is InChI=1S/C20H32N6O2.HI/c1-21-19(25-15-17-9-7-13-27-17)23-11-5-3-4-6-12-24-20(22-2)26-16-18-10-8-14-28-18;/h7-10,13-14H,3-6,11-12,15-16H2,1-2H3,(H2,21,23,25)(H2,22,24,26);1H. The van der Waals surface area contributed by atoms with Crippen molar-refractivity contribution in [2.75, 3.05) is 27.2 Å². The summed E-state index contributed by atoms with van der Waals surface area (Å²) in [5, 5.41) is 13.1. The van der Waals surface area contributed by atoms with Crippen molar-refractivity contribution in [3.05, 3.63) is 48.3 Å². The predicted molar refractivity (Wildman–Crippen MR) is 128 cm³/mol. The van der Waals surface area contributed by atoms with Crippen molar-refractivity contribution < 1.29 is 8.83 Å². The molecule has 2 rings (SSSR count). The molecule has 0 saturated carbocycles. The van der Waals surface area contributed by atoms with E-state index in [1.807, 2.05) is 24.3 Å². The summed E-state index contributed by atoms with van der Waals surface area (Å²) in [7, 11) is 3.55. The topological polar surface area (TPSA) is 99.1 Å². The Bertz CT molecular complexity index is 626. The molecule has 29 heavy (non-hydrogen) atoms. The highest BCUT2D eigenvalue weighted by Crippen LogP contribution is 2.00. The van der Waals surface area contributed by atoms with Crippen molar-refractivity contribution >= 4 is 35.9 Å². The first-order valence-corrected chi connectivity index (χ1v) is 9.75. The number of hydrogen-bond acceptors (Lipinski definition) is 4. The maximum absolute atomic E-state index is 5.30. The summed E-state index contributed by atoms with van der Waals surface area (Å²) < 4.78 is 10.6. The van der Waals surface area contributed by atoms with Crippen LogP contribution in [0.5, 0.6) is 0 Å². The van der Waals surface area contributed by atoms with E-state index in [1.54, 1.807) is 26.6 Å². The first kappa shape index (κ1) is 24.9. The van der Waals surface area contributed by atoms with Crippen molar-refractivity contribution in [1.82, 2.24) is 21.3 Å². The van der Waals surface area contributed by atoms with Crippen LogP contribution in [0.25, 0.3) is 0 Å². The molecule has 0 aliphatic heterocycles. The normalized spacial score (nSPS) is 11.7. The third kappa shape index (κ3) is 10.8. The lowest BCUT2D eigenvalue weighted by molar-refractivity contribution is 0.500. The Morgan fingerprint density at radius 1 is 0.724 bits per heavy atom. The van der Waals surface area contributed by atoms with Gasteiger partial charge in [0.1, 0.15) is 11.5 Å². The number of nitrogens with one attached hydrogen (secondary N) is 4. The van der Waals surface area contributed by atoms with Crippen molar-refractivity contribution in [2.24, 2.45) is 9.98 Å². The average Bonchev–Trinajstić information content (AvgIpc) is 3.42. The number of nitrogens with zero attached hydrogens (tertiary/aromatic N) is 2. The molecule has 0 aliphatic rings. The zero-order valence-electron chi connectivity index (χ0n) is 17.2. The molecule has 8 nitrogen and oxygen atoms in total. The molecule has 4 N–H and O–H groups in total. The fourth-order valence-corrected chi connectivity index (χ4v) is 2.63. The van der Waals surface area contributed by atoms with Crippen LogP contribution in [0.3, 0.4) is 0 Å². The molecule has 0 aliphatic carbocycles. The van der Waals surface area contributed by atoms with Gasteiger partial charge in [-0.05, 0) is 37.1 Å². The second kappa shape index (κ2) is 15.7. The summed E-state index contributed by atoms with van der Waals surface area (Å²) in [6, 6.07) is 7.64. The Labute approximate surface area is 190 Å². The van der Waals surface area contributed by atoms with Crippen LogP contribution in [-0.4, -0.2) is 39.1 Å². The van der Waals surface area contributed by atoms with Gasteiger partial charge in [0, 0.05) is 27.2 Å². The molecule has 0 aromatic carbocycles. The fraction of sp³-hybridized carbons (Fsp3) is 0.500. The van der Waals surface area contributed by atoms with Gasteiger partial charge in [0.05, 0.1) is 25.6 Å². The Morgan fingerprint density at radius 3 is 1.52 bits per heavy atom. The van der Waals surface area contributed by atoms with Gasteiger partial charge in [0.15, 0.2) is 11.9 Å². The zero-order valence-corrected chi connectivity index (χ0v) is 19.6. The number of furan rings is 2. The van der Waals surface area contributed by atoms with Crippen molar-refractivity contribution in [1.29, 1.82) is 0 Å². The monoisotopic (exact) mass is 516 g/mol. The van der Waals surface area contributed by atoms with Crippen LogP contribution in [0.15, 0.2) is 55.6 Å². The molecule has 0 bridgehead atoms. The summed E-state index contributed by atoms with van der Waals surface area (Å²) in [5.41, 5.74) is 0. The summed E-state index contributed by atoms with van der Waals surface area (Å²) >= 11 is 0. The van der Waals surface area contributed by atoms with Gasteiger partial charge in [-0.25, -0.2) is 0 Å². The van der Waals surface area contributed by atoms with Crippen molar-refractivity contribution in [3.8, 4) is 0 Å². The summed E-state index contributed by atoms with van der Waals surface area (Å²) in [5.74, 6) is 3.38. The number of rotatable bonds is 11. The molecule has 2 aromatic heterocycles. The minimum absolute atomic E-state index is 0. The molecule has 0 amide bonds. The maximum atomic E-state index is 5.30. The van der Waals surface area contributed by atoms with E-state index in [4.69, 9.17) is 8.83 Å². The van der Waals surface area contributed by atoms with Gasteiger partial charge in [-0.15, -0.1) is 24.0 Å². The van der Waals surface area contributed by atoms with E-state index in [0.29, 0.717) is 13.1 Å². The first-order valence-electron chi connectivity index (χ1n) is 9.75. The Hall–Kier alpha value is -2.17. The smallest absolute Gasteiger partial charge is 0.191 e. The number of halogens is 1. The summed E-state index contributed by atoms with van der Waals surface area (Å²) in [4.78, 5) is 8.43. The third-order valence-corrected chi connectivity index (χ3v) is 4.16. The highest BCUT2D eigenvalue weighted by Gasteiger charge is 2.01. The molecule has 9 heteroatoms. The Balaban J connectivity index is 0.00000420. The highest BCUT2D eigenvalue weighted by atomic mass is 127. The molecule has 0 fully saturated rings. The van der Waals surface area contributed by atoms with Crippen LogP contribution < -0.4 is 21.3 Å². The van der Waals surface area contributed by atoms with Crippen LogP contribution in [0.1, 0.15) is 37.2 Å². The maximum Gasteiger partial charge on any atom is 0.191 e. The van der Waals surface area contributed by atoms with Crippen molar-refractivity contribution in [2.45, 2.75) is 38.8 Å². The van der Waals surface area contributed by atoms with E-state index < -0.39 is 0 Å². The molecule has 0 radical (unpaired) electrons. The van der Waals surface area contributed by atoms with Gasteiger partial charge in [-0.1, -0.05) is 12.8 Å². The van der Waals surface area contributed by atoms with Crippen molar-refractivity contribution in [3.63, 3.8) is 0 Å². The summed E-state index contributed by atoms with van der Waals surface area (Å²) in [6.07, 6.45) is 7.89. The number of hydrogen-bond donors (Lipinski definition) is 4. The molecule has 2 heterocycles. The van der Waals surface area contributed by atoms with E-state index in [0.717, 1.165) is 49.4 Å². The van der Waals surface area contributed by atoms with Gasteiger partial charge in [-0.3, -0.25) is 9.98 Å². The Kier molecular flexibility index (Phi) is 13.5. The quantitative estimate of drug-likeness (QED) is 0.159. The molecule has 162 valence electrons. The molecule has 0 unspecified atom stereocenters. The third-order valence-electron chi connectivity index (χ3n) is 4.16. The second-order valence-electron chi connectivity index (χ2n) is 6.28. The molecular weight excluding hydrogens is 483 g/mol. The first-order chi connectivity index (χ1) is 13.8. The molecular formula is C20H33IN6O2. The lowest BCUT2D eigenvalue weighted by Gasteiger charge is -2.12. The van der Waals surface area contributed by atoms with Gasteiger partial charge in [-0.2, -0.15) is 0 Å². The van der Waals surface area contributed by atoms with Crippen LogP contribution >= 0.6 is 24.0 Å². The van der Waals surface area contributed by atoms with E-state index >= 15 is 0 Å². The highest BCUT2D eigenvalue weighted by molar-refractivity contribution is 14.0. The van der Waals surface area contributed by atoms with E-state index in [-0.39, 0.29) is 24.0 Å². The average molecular weight is 516 g/mol. The predicted octanol–water partition coefficient (Wildman–Crippen LogP) is 3.08. The van der Waals surface area contributed by atoms with E-state index in [9.17, 15) is 0 Å². The van der Waals surface area contributed by atoms with E-state index in [2.05, 4.69) is 31.3 Å². The van der Waals surface area contributed by atoms with Gasteiger partial charge < -0.3 is 30.1 Å². The number of unbranched alkanes of at least 4 members (excludes halogenated alkanes) is 3. The van der Waals surface area contributed by atoms with Gasteiger partial charge in [0.25, 0.3) is 0 Å². The Morgan fingerprint density at radius 2 is 1.17 bits per heavy atom. The van der Waals surface area contributed by atoms with Crippen LogP contribution in [0, 0.1) is 0 Å². The van der Waals surface area contributed by atoms with Gasteiger partial charge in [0.2, 0.25) is 0 Å². The van der Waals surface area contributed by atoms with Crippen LogP contribution in [0.4, 0.5) is 0 Å². The van der Waals surface area contributed by atoms with Gasteiger partial charge >= 0.3 is 0 Å². The SMILES string of the molecule is CN=C(NCCCCCCNC(=NC)NCc1ccco1)NCc1ccco1.I. The molecule has 0 atom stereocenters. The molecule has 0 spiro atoms. The summed E-state index contributed by atoms with van der Waals surface area (Å²) in [6.45, 7) is 3.07. The number of aliphatic imine (C=N–C) groups is 2. The minimum atomic E-state index is 0. The van der Waals surface area contributed by atoms with Crippen LogP contribution in [0.2, 0.25) is 0 Å². The van der Waals surface area contributed by atoms with Crippen LogP contribution in [-0.2, 0) is 13.1 Å². The molecule has 2 aromatic rings. The molecule has 0 saturated heterocycles. The fourth-order valence-electron chi connectivity index (χ4n) is 2.63. The lowest BCUT2D eigenvalue weighted by atomic mass is 10.2. The second-order valence-corrected chi connectivity index (χ2v) is 6.28. The lowest BCUT2D eigenvalue weighted by Crippen LogP contribution is -2.37. The van der Waals surface area contributed by atoms with E-state index in [1.165, 1.54) is 12.8 Å². The largest absolute Gasteiger partial charge is 0.467 e. The zero-order chi connectivity index (χ0) is 19.9. The number of guanidine groups is 2. The minimum Gasteiger partial charge on any atom is -0.467 e.